The van der Waals surface area contributed by atoms with Gasteiger partial charge in [0.05, 0.1) is 40.3 Å². The quantitative estimate of drug-likeness (QED) is 0.0204. The van der Waals surface area contributed by atoms with Crippen molar-refractivity contribution in [3.8, 4) is 0 Å². The SMILES string of the molecule is CC/C=C\C/C=C\C/C=C\C/C=C\C/C=C\C/C=C\C/C=C\CCCCCC(=O)OC(COC(=O)CCCCCCC)COC(OCC[N+](C)(C)C)C(=O)[O-]. The molecule has 0 amide bonds. The molecule has 0 heterocycles. The second-order valence-corrected chi connectivity index (χ2v) is 14.5. The standard InChI is InChI=1S/C46H75NO8/c1-6-8-10-12-13-14-15-16-17-18-19-20-21-22-23-24-25-26-27-28-29-30-31-33-35-37-44(49)55-42(40-53-43(48)36-34-32-11-9-7-2)41-54-46(45(50)51)52-39-38-47(3,4)5/h8,10,13-14,16-17,19-20,22-23,25-26,28-29,42,46H,6-7,9,11-12,15,18,21,24,27,30-41H2,1-5H3/b10-8-,14-13-,17-16-,20-19-,23-22-,26-25-,29-28-. The number of likely N-dealkylation sites (N-methyl/N-ethyl adjacent to an activating group) is 1. The molecule has 9 heteroatoms. The fourth-order valence-electron chi connectivity index (χ4n) is 4.92. The highest BCUT2D eigenvalue weighted by Gasteiger charge is 2.21. The molecule has 0 aromatic rings. The number of carbonyl (C=O) groups is 3. The summed E-state index contributed by atoms with van der Waals surface area (Å²) < 4.78 is 22.3. The van der Waals surface area contributed by atoms with Gasteiger partial charge in [0.1, 0.15) is 13.2 Å². The molecule has 0 saturated heterocycles. The third kappa shape index (κ3) is 38.5. The van der Waals surface area contributed by atoms with Gasteiger partial charge in [-0.05, 0) is 70.6 Å². The predicted molar refractivity (Wildman–Crippen MR) is 223 cm³/mol. The largest absolute Gasteiger partial charge is 0.545 e. The molecule has 55 heavy (non-hydrogen) atoms. The number of nitrogens with zero attached hydrogens (tertiary/aromatic N) is 1. The summed E-state index contributed by atoms with van der Waals surface area (Å²) >= 11 is 0. The number of hydrogen-bond acceptors (Lipinski definition) is 8. The van der Waals surface area contributed by atoms with Crippen molar-refractivity contribution in [3.63, 3.8) is 0 Å². The molecule has 9 nitrogen and oxygen atoms in total. The van der Waals surface area contributed by atoms with Crippen molar-refractivity contribution in [2.24, 2.45) is 0 Å². The zero-order chi connectivity index (χ0) is 40.7. The lowest BCUT2D eigenvalue weighted by atomic mass is 10.1. The number of allylic oxidation sites excluding steroid dienone is 14. The summed E-state index contributed by atoms with van der Waals surface area (Å²) in [5.41, 5.74) is 0. The van der Waals surface area contributed by atoms with E-state index in [1.54, 1.807) is 0 Å². The van der Waals surface area contributed by atoms with Crippen molar-refractivity contribution in [2.45, 2.75) is 142 Å². The maximum absolute atomic E-state index is 12.6. The lowest BCUT2D eigenvalue weighted by Crippen LogP contribution is -2.44. The minimum absolute atomic E-state index is 0.136. The van der Waals surface area contributed by atoms with Crippen LogP contribution < -0.4 is 5.11 Å². The highest BCUT2D eigenvalue weighted by atomic mass is 16.7. The third-order valence-corrected chi connectivity index (χ3v) is 8.16. The molecular weight excluding hydrogens is 695 g/mol. The van der Waals surface area contributed by atoms with Crippen LogP contribution in [0.3, 0.4) is 0 Å². The van der Waals surface area contributed by atoms with E-state index in [2.05, 4.69) is 98.9 Å². The van der Waals surface area contributed by atoms with Crippen LogP contribution in [0.25, 0.3) is 0 Å². The molecule has 0 N–H and O–H groups in total. The number of esters is 2. The maximum Gasteiger partial charge on any atom is 0.306 e. The molecule has 2 unspecified atom stereocenters. The lowest BCUT2D eigenvalue weighted by molar-refractivity contribution is -0.870. The summed E-state index contributed by atoms with van der Waals surface area (Å²) in [4.78, 5) is 36.5. The maximum atomic E-state index is 12.6. The Morgan fingerprint density at radius 1 is 0.564 bits per heavy atom. The van der Waals surface area contributed by atoms with Crippen LogP contribution in [0.1, 0.15) is 129 Å². The molecule has 0 rings (SSSR count). The smallest absolute Gasteiger partial charge is 0.306 e. The van der Waals surface area contributed by atoms with Crippen LogP contribution in [0.15, 0.2) is 85.1 Å². The Bertz CT molecular complexity index is 1170. The van der Waals surface area contributed by atoms with Crippen molar-refractivity contribution in [1.82, 2.24) is 0 Å². The van der Waals surface area contributed by atoms with Gasteiger partial charge in [0.2, 0.25) is 0 Å². The Balaban J connectivity index is 4.37. The van der Waals surface area contributed by atoms with E-state index < -0.39 is 24.3 Å². The van der Waals surface area contributed by atoms with Gasteiger partial charge in [0, 0.05) is 12.8 Å². The monoisotopic (exact) mass is 770 g/mol. The van der Waals surface area contributed by atoms with E-state index >= 15 is 0 Å². The summed E-state index contributed by atoms with van der Waals surface area (Å²) in [5.74, 6) is -2.36. The Morgan fingerprint density at radius 3 is 1.53 bits per heavy atom. The first kappa shape index (κ1) is 51.5. The van der Waals surface area contributed by atoms with Gasteiger partial charge in [-0.15, -0.1) is 0 Å². The number of carboxylic acid groups (broad SMARTS) is 1. The van der Waals surface area contributed by atoms with Gasteiger partial charge in [-0.3, -0.25) is 9.59 Å². The predicted octanol–water partition coefficient (Wildman–Crippen LogP) is 9.21. The van der Waals surface area contributed by atoms with Crippen LogP contribution in [0.5, 0.6) is 0 Å². The van der Waals surface area contributed by atoms with Gasteiger partial charge in [-0.2, -0.15) is 0 Å². The van der Waals surface area contributed by atoms with Crippen molar-refractivity contribution in [2.75, 3.05) is 47.5 Å². The minimum atomic E-state index is -1.63. The van der Waals surface area contributed by atoms with E-state index in [1.807, 2.05) is 21.1 Å². The number of aliphatic carboxylic acids is 1. The summed E-state index contributed by atoms with van der Waals surface area (Å²) in [6.45, 7) is 4.44. The van der Waals surface area contributed by atoms with Crippen molar-refractivity contribution < 1.29 is 42.9 Å². The highest BCUT2D eigenvalue weighted by Crippen LogP contribution is 2.10. The number of unbranched alkanes of at least 4 members (excludes halogenated alkanes) is 7. The molecular formula is C46H75NO8. The molecule has 0 aliphatic carbocycles. The number of carboxylic acids is 1. The van der Waals surface area contributed by atoms with Gasteiger partial charge in [-0.25, -0.2) is 0 Å². The molecule has 0 aromatic carbocycles. The molecule has 0 fully saturated rings. The average Bonchev–Trinajstić information content (AvgIpc) is 3.14. The van der Waals surface area contributed by atoms with Gasteiger partial charge in [0.25, 0.3) is 0 Å². The first-order valence-electron chi connectivity index (χ1n) is 20.7. The van der Waals surface area contributed by atoms with E-state index in [0.717, 1.165) is 96.3 Å². The molecule has 0 aromatic heterocycles. The number of ether oxygens (including phenoxy) is 4. The Kier molecular flexibility index (Phi) is 35.0. The molecule has 312 valence electrons. The summed E-state index contributed by atoms with van der Waals surface area (Å²) in [6, 6.07) is 0. The van der Waals surface area contributed by atoms with Crippen LogP contribution in [0.2, 0.25) is 0 Å². The van der Waals surface area contributed by atoms with E-state index in [-0.39, 0.29) is 38.6 Å². The Labute approximate surface area is 334 Å². The van der Waals surface area contributed by atoms with E-state index in [1.165, 1.54) is 0 Å². The molecule has 0 bridgehead atoms. The minimum Gasteiger partial charge on any atom is -0.545 e. The number of rotatable bonds is 36. The van der Waals surface area contributed by atoms with Crippen LogP contribution in [0.4, 0.5) is 0 Å². The average molecular weight is 770 g/mol. The zero-order valence-corrected chi connectivity index (χ0v) is 35.0. The van der Waals surface area contributed by atoms with Crippen molar-refractivity contribution in [3.05, 3.63) is 85.1 Å². The molecule has 0 aliphatic rings. The number of hydrogen-bond donors (Lipinski definition) is 0. The second-order valence-electron chi connectivity index (χ2n) is 14.5. The first-order chi connectivity index (χ1) is 26.6. The number of carbonyl (C=O) groups excluding carboxylic acids is 3. The second kappa shape index (κ2) is 37.4. The van der Waals surface area contributed by atoms with Gasteiger partial charge in [0.15, 0.2) is 12.4 Å². The van der Waals surface area contributed by atoms with E-state index in [9.17, 15) is 19.5 Å². The summed E-state index contributed by atoms with van der Waals surface area (Å²) in [5, 5.41) is 11.6. The van der Waals surface area contributed by atoms with Crippen LogP contribution in [-0.2, 0) is 33.3 Å². The van der Waals surface area contributed by atoms with Crippen molar-refractivity contribution in [1.29, 1.82) is 0 Å². The fourth-order valence-corrected chi connectivity index (χ4v) is 4.92. The van der Waals surface area contributed by atoms with Crippen molar-refractivity contribution >= 4 is 17.9 Å². The van der Waals surface area contributed by atoms with Gasteiger partial charge in [-0.1, -0.05) is 131 Å². The molecule has 0 saturated carbocycles. The normalized spacial score (nSPS) is 13.8. The van der Waals surface area contributed by atoms with Crippen LogP contribution in [-0.4, -0.2) is 82.3 Å². The topological polar surface area (TPSA) is 111 Å². The van der Waals surface area contributed by atoms with Crippen LogP contribution >= 0.6 is 0 Å². The highest BCUT2D eigenvalue weighted by molar-refractivity contribution is 5.70. The molecule has 0 spiro atoms. The summed E-state index contributed by atoms with van der Waals surface area (Å²) in [7, 11) is 5.87. The zero-order valence-electron chi connectivity index (χ0n) is 35.0. The molecule has 0 aliphatic heterocycles. The van der Waals surface area contributed by atoms with E-state index in [0.29, 0.717) is 17.4 Å². The fraction of sp³-hybridized carbons (Fsp3) is 0.630. The van der Waals surface area contributed by atoms with E-state index in [4.69, 9.17) is 18.9 Å². The number of quaternary nitrogens is 1. The Hall–Kier alpha value is -3.53. The van der Waals surface area contributed by atoms with Gasteiger partial charge < -0.3 is 33.3 Å². The molecule has 2 atom stereocenters. The third-order valence-electron chi connectivity index (χ3n) is 8.16. The summed E-state index contributed by atoms with van der Waals surface area (Å²) in [6.07, 6.45) is 43.8. The first-order valence-corrected chi connectivity index (χ1v) is 20.7. The Morgan fingerprint density at radius 2 is 1.04 bits per heavy atom. The van der Waals surface area contributed by atoms with Gasteiger partial charge >= 0.3 is 11.9 Å². The lowest BCUT2D eigenvalue weighted by Gasteiger charge is -2.26. The molecule has 0 radical (unpaired) electrons. The van der Waals surface area contributed by atoms with Crippen LogP contribution in [0, 0.1) is 0 Å².